The van der Waals surface area contributed by atoms with Crippen LogP contribution in [0.15, 0.2) is 18.5 Å². The molecule has 1 fully saturated rings. The van der Waals surface area contributed by atoms with Crippen molar-refractivity contribution in [3.63, 3.8) is 0 Å². The molecule has 1 aliphatic rings. The van der Waals surface area contributed by atoms with E-state index in [0.29, 0.717) is 5.52 Å². The topological polar surface area (TPSA) is 251 Å². The molecule has 19 nitrogen and oxygen atoms in total. The Morgan fingerprint density at radius 1 is 1.00 bits per heavy atom. The Kier molecular flexibility index (Phi) is 15.8. The third kappa shape index (κ3) is 10.9. The molecule has 6 atom stereocenters. The first kappa shape index (κ1) is 44.1. The predicted octanol–water partition coefficient (Wildman–Crippen LogP) is 4.18. The maximum absolute atomic E-state index is 14.3. The number of esters is 3. The van der Waals surface area contributed by atoms with E-state index < -0.39 is 93.1 Å². The lowest BCUT2D eigenvalue weighted by Gasteiger charge is -2.29. The molecule has 0 aromatic carbocycles. The molecule has 54 heavy (non-hydrogen) atoms. The number of nitrogens with two attached hydrogens (primary N) is 1. The van der Waals surface area contributed by atoms with E-state index in [-0.39, 0.29) is 24.0 Å². The number of carbonyl (C=O) groups is 4. The van der Waals surface area contributed by atoms with Crippen LogP contribution >= 0.6 is 7.75 Å². The summed E-state index contributed by atoms with van der Waals surface area (Å²) in [5, 5.41) is 17.5. The first-order valence-corrected chi connectivity index (χ1v) is 19.2. The van der Waals surface area contributed by atoms with E-state index in [2.05, 4.69) is 21.2 Å². The second-order valence-electron chi connectivity index (χ2n) is 13.5. The largest absolute Gasteiger partial charge is 0.510 e. The molecule has 300 valence electrons. The Balaban J connectivity index is 2.05. The minimum absolute atomic E-state index is 0.0344. The van der Waals surface area contributed by atoms with Gasteiger partial charge in [0.2, 0.25) is 12.4 Å². The number of hydrogen-bond donors (Lipinski definition) is 2. The van der Waals surface area contributed by atoms with Crippen molar-refractivity contribution in [1.29, 1.82) is 5.26 Å². The summed E-state index contributed by atoms with van der Waals surface area (Å²) in [4.78, 5) is 55.2. The summed E-state index contributed by atoms with van der Waals surface area (Å²) in [6.45, 7) is 13.1. The van der Waals surface area contributed by atoms with Gasteiger partial charge < -0.3 is 34.2 Å². The minimum atomic E-state index is -4.67. The number of rotatable bonds is 19. The number of anilines is 1. The number of ether oxygens (including phenoxy) is 6. The Morgan fingerprint density at radius 3 is 2.24 bits per heavy atom. The van der Waals surface area contributed by atoms with Crippen molar-refractivity contribution in [2.75, 3.05) is 25.7 Å². The van der Waals surface area contributed by atoms with E-state index >= 15 is 0 Å². The number of aromatic nitrogens is 3. The zero-order chi connectivity index (χ0) is 40.4. The highest BCUT2D eigenvalue weighted by atomic mass is 31.2. The number of fused-ring (bicyclic) bond motifs is 1. The summed E-state index contributed by atoms with van der Waals surface area (Å²) in [6.07, 6.45) is -3.65. The first-order chi connectivity index (χ1) is 25.4. The van der Waals surface area contributed by atoms with Crippen LogP contribution in [0.3, 0.4) is 0 Å². The SMILES string of the molecule is CCC(CC)COC(=O)[C@H](C)NP(=O)(OCOC(=O)OC(C)C)OC[C@H]1O[C@@](C#N)(c2ccc3c(N)ncnn23)[C@H](OC(=O)C(C)C)[C@@H]1OC(=O)C(C)C. The van der Waals surface area contributed by atoms with Crippen molar-refractivity contribution in [3.05, 3.63) is 24.2 Å². The fourth-order valence-electron chi connectivity index (χ4n) is 5.13. The number of nitrogen functional groups attached to an aromatic ring is 1. The van der Waals surface area contributed by atoms with Gasteiger partial charge in [0.25, 0.3) is 0 Å². The van der Waals surface area contributed by atoms with Crippen LogP contribution in [0, 0.1) is 29.1 Å². The average Bonchev–Trinajstić information content (AvgIpc) is 3.67. The summed E-state index contributed by atoms with van der Waals surface area (Å²) >= 11 is 0. The molecule has 1 aliphatic heterocycles. The molecule has 0 saturated carbocycles. The highest BCUT2D eigenvalue weighted by molar-refractivity contribution is 7.51. The molecule has 3 rings (SSSR count). The zero-order valence-corrected chi connectivity index (χ0v) is 32.9. The molecule has 0 aliphatic carbocycles. The molecular formula is C34H51N6O13P. The lowest BCUT2D eigenvalue weighted by molar-refractivity contribution is -0.173. The van der Waals surface area contributed by atoms with Crippen molar-refractivity contribution >= 4 is 43.1 Å². The van der Waals surface area contributed by atoms with E-state index in [0.717, 1.165) is 19.2 Å². The first-order valence-electron chi connectivity index (χ1n) is 17.7. The normalized spacial score (nSPS) is 21.5. The standard InChI is InChI=1S/C34H51N6O13P/c1-10-23(11-2)14-46-32(43)22(9)39-54(45,49-18-47-33(44)50-21(7)8)48-15-25-27(51-30(41)19(3)4)28(52-31(42)20(5)6)34(16-35,53-25)26-13-12-24-29(36)37-17-38-40(24)26/h12-13,17,19-23,25,27-28H,10-11,14-15,18H2,1-9H3,(H,39,45)(H2,36,37,38)/t22-,25+,27+,28+,34-,54?/m0/s1. The van der Waals surface area contributed by atoms with Gasteiger partial charge in [-0.15, -0.1) is 0 Å². The Morgan fingerprint density at radius 2 is 1.65 bits per heavy atom. The van der Waals surface area contributed by atoms with Gasteiger partial charge in [-0.3, -0.25) is 23.4 Å². The second-order valence-corrected chi connectivity index (χ2v) is 15.3. The third-order valence-corrected chi connectivity index (χ3v) is 9.97. The van der Waals surface area contributed by atoms with Crippen LogP contribution in [0.2, 0.25) is 0 Å². The van der Waals surface area contributed by atoms with Crippen molar-refractivity contribution in [2.24, 2.45) is 17.8 Å². The number of nitrogens with one attached hydrogen (secondary N) is 1. The summed E-state index contributed by atoms with van der Waals surface area (Å²) in [6, 6.07) is 3.78. The van der Waals surface area contributed by atoms with Gasteiger partial charge in [0.05, 0.1) is 36.8 Å². The fourth-order valence-corrected chi connectivity index (χ4v) is 6.47. The number of nitrogens with zero attached hydrogens (tertiary/aromatic N) is 4. The highest BCUT2D eigenvalue weighted by Gasteiger charge is 2.63. The monoisotopic (exact) mass is 782 g/mol. The van der Waals surface area contributed by atoms with Crippen LogP contribution in [-0.4, -0.2) is 89.1 Å². The molecule has 0 bridgehead atoms. The molecular weight excluding hydrogens is 731 g/mol. The number of hydrogen-bond acceptors (Lipinski definition) is 17. The van der Waals surface area contributed by atoms with Crippen LogP contribution in [0.4, 0.5) is 10.6 Å². The molecule has 1 saturated heterocycles. The second kappa shape index (κ2) is 19.3. The van der Waals surface area contributed by atoms with Crippen LogP contribution in [0.1, 0.15) is 80.8 Å². The van der Waals surface area contributed by atoms with E-state index in [1.807, 2.05) is 13.8 Å². The van der Waals surface area contributed by atoms with Gasteiger partial charge >= 0.3 is 31.8 Å². The van der Waals surface area contributed by atoms with Crippen LogP contribution in [0.25, 0.3) is 5.52 Å². The van der Waals surface area contributed by atoms with Gasteiger partial charge in [0, 0.05) is 0 Å². The van der Waals surface area contributed by atoms with Crippen molar-refractivity contribution in [3.8, 4) is 6.07 Å². The van der Waals surface area contributed by atoms with E-state index in [4.69, 9.17) is 43.2 Å². The third-order valence-electron chi connectivity index (χ3n) is 8.33. The highest BCUT2D eigenvalue weighted by Crippen LogP contribution is 2.48. The molecule has 0 amide bonds. The van der Waals surface area contributed by atoms with Gasteiger partial charge in [-0.1, -0.05) is 54.4 Å². The Bertz CT molecular complexity index is 1710. The molecule has 20 heteroatoms. The predicted molar refractivity (Wildman–Crippen MR) is 189 cm³/mol. The maximum atomic E-state index is 14.3. The molecule has 1 unspecified atom stereocenters. The smallest absolute Gasteiger partial charge is 0.464 e. The molecule has 3 N–H and O–H groups in total. The summed E-state index contributed by atoms with van der Waals surface area (Å²) in [5.74, 6) is -3.48. The number of nitriles is 1. The molecule has 3 heterocycles. The van der Waals surface area contributed by atoms with E-state index in [1.165, 1.54) is 23.6 Å². The fraction of sp³-hybridized carbons (Fsp3) is 0.676. The molecule has 0 radical (unpaired) electrons. The van der Waals surface area contributed by atoms with Crippen LogP contribution in [0.5, 0.6) is 0 Å². The van der Waals surface area contributed by atoms with Crippen LogP contribution in [-0.2, 0) is 62.0 Å². The number of carbonyl (C=O) groups excluding carboxylic acids is 4. The molecule has 2 aromatic heterocycles. The Labute approximate surface area is 314 Å². The molecule has 2 aromatic rings. The quantitative estimate of drug-likeness (QED) is 0.0877. The summed E-state index contributed by atoms with van der Waals surface area (Å²) in [7, 11) is -4.67. The van der Waals surface area contributed by atoms with Gasteiger partial charge in [0.15, 0.2) is 18.0 Å². The van der Waals surface area contributed by atoms with Gasteiger partial charge in [0.1, 0.15) is 30.1 Å². The molecule has 0 spiro atoms. The maximum Gasteiger partial charge on any atom is 0.510 e. The van der Waals surface area contributed by atoms with Gasteiger partial charge in [-0.05, 0) is 38.8 Å². The van der Waals surface area contributed by atoms with E-state index in [9.17, 15) is 29.0 Å². The van der Waals surface area contributed by atoms with Gasteiger partial charge in [-0.25, -0.2) is 23.9 Å². The van der Waals surface area contributed by atoms with Crippen molar-refractivity contribution in [1.82, 2.24) is 19.7 Å². The van der Waals surface area contributed by atoms with Crippen molar-refractivity contribution < 1.29 is 61.2 Å². The summed E-state index contributed by atoms with van der Waals surface area (Å²) in [5.41, 5.74) is 4.16. The lowest BCUT2D eigenvalue weighted by Crippen LogP contribution is -2.47. The minimum Gasteiger partial charge on any atom is -0.464 e. The Hall–Kier alpha value is -4.34. The average molecular weight is 783 g/mol. The van der Waals surface area contributed by atoms with E-state index in [1.54, 1.807) is 41.5 Å². The van der Waals surface area contributed by atoms with Crippen LogP contribution < -0.4 is 10.8 Å². The summed E-state index contributed by atoms with van der Waals surface area (Å²) < 4.78 is 59.9. The van der Waals surface area contributed by atoms with Crippen molar-refractivity contribution in [2.45, 2.75) is 111 Å². The zero-order valence-electron chi connectivity index (χ0n) is 32.0. The van der Waals surface area contributed by atoms with Gasteiger partial charge in [-0.2, -0.15) is 10.4 Å². The lowest BCUT2D eigenvalue weighted by atomic mass is 9.92.